The first-order valence-electron chi connectivity index (χ1n) is 7.63. The molecule has 0 bridgehead atoms. The first-order chi connectivity index (χ1) is 12.1. The molecule has 0 aliphatic carbocycles. The molecule has 3 aromatic rings. The highest BCUT2D eigenvalue weighted by Crippen LogP contribution is 2.35. The van der Waals surface area contributed by atoms with Crippen LogP contribution in [0.25, 0.3) is 10.4 Å². The largest absolute Gasteiger partial charge is 0.360 e. The van der Waals surface area contributed by atoms with Crippen LogP contribution in [0.3, 0.4) is 0 Å². The van der Waals surface area contributed by atoms with Gasteiger partial charge in [-0.3, -0.25) is 14.9 Å². The van der Waals surface area contributed by atoms with E-state index >= 15 is 0 Å². The molecule has 2 N–H and O–H groups in total. The highest BCUT2D eigenvalue weighted by atomic mass is 32.1. The number of rotatable bonds is 3. The lowest BCUT2D eigenvalue weighted by Gasteiger charge is -2.26. The summed E-state index contributed by atoms with van der Waals surface area (Å²) in [6, 6.07) is 17.7. The van der Waals surface area contributed by atoms with Crippen molar-refractivity contribution in [2.45, 2.75) is 6.17 Å². The fourth-order valence-corrected chi connectivity index (χ4v) is 3.79. The monoisotopic (exact) mass is 351 g/mol. The quantitative estimate of drug-likeness (QED) is 0.548. The molecule has 7 heteroatoms. The fourth-order valence-electron chi connectivity index (χ4n) is 2.79. The van der Waals surface area contributed by atoms with Crippen LogP contribution in [0.15, 0.2) is 60.7 Å². The van der Waals surface area contributed by atoms with Crippen molar-refractivity contribution in [3.8, 4) is 10.4 Å². The van der Waals surface area contributed by atoms with Crippen LogP contribution in [0.1, 0.15) is 21.4 Å². The van der Waals surface area contributed by atoms with E-state index in [-0.39, 0.29) is 17.8 Å². The third kappa shape index (κ3) is 2.85. The van der Waals surface area contributed by atoms with Crippen molar-refractivity contribution in [2.75, 3.05) is 5.32 Å². The molecule has 1 aliphatic rings. The van der Waals surface area contributed by atoms with E-state index in [0.717, 1.165) is 21.0 Å². The molecule has 0 spiro atoms. The van der Waals surface area contributed by atoms with Crippen molar-refractivity contribution in [1.29, 1.82) is 0 Å². The number of carbonyl (C=O) groups is 1. The number of nitrogens with one attached hydrogen (secondary N) is 2. The minimum atomic E-state index is -0.405. The molecule has 0 radical (unpaired) electrons. The molecular weight excluding hydrogens is 338 g/mol. The highest BCUT2D eigenvalue weighted by molar-refractivity contribution is 7.15. The van der Waals surface area contributed by atoms with Crippen molar-refractivity contribution in [1.82, 2.24) is 5.32 Å². The Morgan fingerprint density at radius 1 is 1.00 bits per heavy atom. The average Bonchev–Trinajstić information content (AvgIpc) is 3.12. The number of anilines is 1. The zero-order valence-corrected chi connectivity index (χ0v) is 13.7. The smallest absolute Gasteiger partial charge is 0.270 e. The molecular formula is C18H13N3O3S. The molecule has 25 heavy (non-hydrogen) atoms. The van der Waals surface area contributed by atoms with E-state index < -0.39 is 4.92 Å². The van der Waals surface area contributed by atoms with Crippen LogP contribution in [-0.4, -0.2) is 10.8 Å². The van der Waals surface area contributed by atoms with Crippen LogP contribution in [0.2, 0.25) is 0 Å². The van der Waals surface area contributed by atoms with E-state index in [1.807, 2.05) is 36.4 Å². The lowest BCUT2D eigenvalue weighted by atomic mass is 10.1. The molecule has 2 aromatic carbocycles. The SMILES string of the molecule is O=C1N[C@@H](c2ccc(-c3cccc([N+](=O)[O-])c3)s2)Nc2ccccc21. The number of nitro groups is 1. The minimum absolute atomic E-state index is 0.0606. The lowest BCUT2D eigenvalue weighted by Crippen LogP contribution is -2.37. The second-order valence-corrected chi connectivity index (χ2v) is 6.72. The van der Waals surface area contributed by atoms with Gasteiger partial charge in [0.25, 0.3) is 11.6 Å². The summed E-state index contributed by atoms with van der Waals surface area (Å²) in [6.07, 6.45) is -0.320. The number of nitrogens with zero attached hydrogens (tertiary/aromatic N) is 1. The van der Waals surface area contributed by atoms with Crippen molar-refractivity contribution in [3.05, 3.63) is 81.2 Å². The van der Waals surface area contributed by atoms with Crippen LogP contribution in [0.4, 0.5) is 11.4 Å². The predicted octanol–water partition coefficient (Wildman–Crippen LogP) is 4.18. The Morgan fingerprint density at radius 3 is 2.68 bits per heavy atom. The summed E-state index contributed by atoms with van der Waals surface area (Å²) in [5, 5.41) is 17.2. The van der Waals surface area contributed by atoms with Gasteiger partial charge >= 0.3 is 0 Å². The van der Waals surface area contributed by atoms with Crippen molar-refractivity contribution >= 4 is 28.6 Å². The standard InChI is InChI=1S/C18H13N3O3S/c22-18-13-6-1-2-7-14(13)19-17(20-18)16-9-8-15(25-16)11-4-3-5-12(10-11)21(23)24/h1-10,17,19H,(H,20,22)/t17-/m0/s1. The maximum atomic E-state index is 12.2. The number of amides is 1. The summed E-state index contributed by atoms with van der Waals surface area (Å²) in [5.41, 5.74) is 2.26. The van der Waals surface area contributed by atoms with E-state index in [1.165, 1.54) is 17.4 Å². The van der Waals surface area contributed by atoms with Gasteiger partial charge in [-0.15, -0.1) is 11.3 Å². The van der Waals surface area contributed by atoms with Gasteiger partial charge in [-0.2, -0.15) is 0 Å². The Balaban J connectivity index is 1.63. The summed E-state index contributed by atoms with van der Waals surface area (Å²) in [7, 11) is 0. The summed E-state index contributed by atoms with van der Waals surface area (Å²) >= 11 is 1.49. The van der Waals surface area contributed by atoms with Gasteiger partial charge in [-0.05, 0) is 29.8 Å². The normalized spacial score (nSPS) is 15.8. The second-order valence-electron chi connectivity index (χ2n) is 5.61. The third-order valence-electron chi connectivity index (χ3n) is 4.00. The number of benzene rings is 2. The molecule has 1 atom stereocenters. The van der Waals surface area contributed by atoms with Gasteiger partial charge in [0.15, 0.2) is 0 Å². The number of carbonyl (C=O) groups excluding carboxylic acids is 1. The Labute approximate surface area is 147 Å². The van der Waals surface area contributed by atoms with E-state index in [2.05, 4.69) is 10.6 Å². The van der Waals surface area contributed by atoms with Crippen molar-refractivity contribution < 1.29 is 9.72 Å². The number of hydrogen-bond acceptors (Lipinski definition) is 5. The molecule has 1 aromatic heterocycles. The molecule has 0 saturated carbocycles. The Morgan fingerprint density at radius 2 is 1.84 bits per heavy atom. The van der Waals surface area contributed by atoms with Crippen LogP contribution in [0.5, 0.6) is 0 Å². The highest BCUT2D eigenvalue weighted by Gasteiger charge is 2.25. The Bertz CT molecular complexity index is 983. The summed E-state index contributed by atoms with van der Waals surface area (Å²) in [5.74, 6) is -0.121. The van der Waals surface area contributed by atoms with E-state index in [9.17, 15) is 14.9 Å². The van der Waals surface area contributed by atoms with Gasteiger partial charge in [-0.1, -0.05) is 24.3 Å². The molecule has 0 fully saturated rings. The number of para-hydroxylation sites is 1. The van der Waals surface area contributed by atoms with Gasteiger partial charge in [0, 0.05) is 27.6 Å². The maximum absolute atomic E-state index is 12.2. The number of thiophene rings is 1. The zero-order valence-electron chi connectivity index (χ0n) is 12.9. The predicted molar refractivity (Wildman–Crippen MR) is 96.7 cm³/mol. The van der Waals surface area contributed by atoms with E-state index in [0.29, 0.717) is 5.56 Å². The zero-order chi connectivity index (χ0) is 17.4. The van der Waals surface area contributed by atoms with Gasteiger partial charge in [-0.25, -0.2) is 0 Å². The molecule has 1 aliphatic heterocycles. The number of fused-ring (bicyclic) bond motifs is 1. The van der Waals surface area contributed by atoms with Gasteiger partial charge in [0.05, 0.1) is 10.5 Å². The maximum Gasteiger partial charge on any atom is 0.270 e. The first kappa shape index (κ1) is 15.3. The molecule has 6 nitrogen and oxygen atoms in total. The summed E-state index contributed by atoms with van der Waals surface area (Å²) in [6.45, 7) is 0. The van der Waals surface area contributed by atoms with Crippen LogP contribution in [0, 0.1) is 10.1 Å². The van der Waals surface area contributed by atoms with Gasteiger partial charge < -0.3 is 10.6 Å². The summed E-state index contributed by atoms with van der Waals surface area (Å²) < 4.78 is 0. The van der Waals surface area contributed by atoms with Gasteiger partial charge in [0.2, 0.25) is 0 Å². The molecule has 0 saturated heterocycles. The van der Waals surface area contributed by atoms with Gasteiger partial charge in [0.1, 0.15) is 6.17 Å². The molecule has 4 rings (SSSR count). The Kier molecular flexibility index (Phi) is 3.70. The summed E-state index contributed by atoms with van der Waals surface area (Å²) in [4.78, 5) is 24.6. The fraction of sp³-hybridized carbons (Fsp3) is 0.0556. The van der Waals surface area contributed by atoms with Crippen LogP contribution in [-0.2, 0) is 0 Å². The average molecular weight is 351 g/mol. The van der Waals surface area contributed by atoms with Crippen LogP contribution >= 0.6 is 11.3 Å². The molecule has 124 valence electrons. The minimum Gasteiger partial charge on any atom is -0.360 e. The number of non-ortho nitro benzene ring substituents is 1. The van der Waals surface area contributed by atoms with Crippen LogP contribution < -0.4 is 10.6 Å². The van der Waals surface area contributed by atoms with E-state index in [4.69, 9.17) is 0 Å². The Hall–Kier alpha value is -3.19. The first-order valence-corrected chi connectivity index (χ1v) is 8.44. The molecule has 0 unspecified atom stereocenters. The third-order valence-corrected chi connectivity index (χ3v) is 5.20. The second kappa shape index (κ2) is 6.03. The molecule has 1 amide bonds. The topological polar surface area (TPSA) is 84.3 Å². The van der Waals surface area contributed by atoms with E-state index in [1.54, 1.807) is 18.2 Å². The van der Waals surface area contributed by atoms with Crippen molar-refractivity contribution in [3.63, 3.8) is 0 Å². The number of hydrogen-bond donors (Lipinski definition) is 2. The number of nitro benzene ring substituents is 1. The van der Waals surface area contributed by atoms with Crippen molar-refractivity contribution in [2.24, 2.45) is 0 Å². The molecule has 2 heterocycles. The lowest BCUT2D eigenvalue weighted by molar-refractivity contribution is -0.384.